The van der Waals surface area contributed by atoms with E-state index >= 15 is 0 Å². The maximum absolute atomic E-state index is 9.99. The van der Waals surface area contributed by atoms with E-state index in [1.165, 1.54) is 5.56 Å². The molecule has 0 spiro atoms. The summed E-state index contributed by atoms with van der Waals surface area (Å²) >= 11 is 0. The zero-order valence-electron chi connectivity index (χ0n) is 19.8. The summed E-state index contributed by atoms with van der Waals surface area (Å²) in [5.74, 6) is 8.23. The van der Waals surface area contributed by atoms with Crippen molar-refractivity contribution in [2.45, 2.75) is 39.2 Å². The molecule has 0 aliphatic carbocycles. The van der Waals surface area contributed by atoms with Crippen molar-refractivity contribution in [3.63, 3.8) is 0 Å². The van der Waals surface area contributed by atoms with Crippen LogP contribution in [0.1, 0.15) is 59.2 Å². The Labute approximate surface area is 205 Å². The molecule has 0 saturated heterocycles. The minimum Gasteiger partial charge on any atom is -0.266 e. The lowest BCUT2D eigenvalue weighted by molar-refractivity contribution is 0.809. The first-order valence-corrected chi connectivity index (χ1v) is 12.1. The lowest BCUT2D eigenvalue weighted by Crippen LogP contribution is -2.05. The number of hydrogen-bond donors (Lipinski definition) is 0. The second-order valence-electron chi connectivity index (χ2n) is 8.07. The summed E-state index contributed by atoms with van der Waals surface area (Å²) in [5, 5.41) is 9.99. The van der Waals surface area contributed by atoms with E-state index in [1.54, 1.807) is 0 Å². The molecule has 0 saturated carbocycles. The van der Waals surface area contributed by atoms with Crippen LogP contribution in [-0.4, -0.2) is 11.5 Å². The fourth-order valence-corrected chi connectivity index (χ4v) is 3.95. The molecule has 0 heterocycles. The molecule has 0 aliphatic heterocycles. The average molecular weight is 461 g/mol. The minimum atomic E-state index is -0.528. The van der Waals surface area contributed by atoms with Crippen molar-refractivity contribution >= 4 is 20.4 Å². The maximum atomic E-state index is 9.99. The molecule has 0 fully saturated rings. The fourth-order valence-electron chi connectivity index (χ4n) is 3.81. The van der Waals surface area contributed by atoms with E-state index in [-0.39, 0.29) is 0 Å². The van der Waals surface area contributed by atoms with E-state index in [1.807, 2.05) is 73.4 Å². The monoisotopic (exact) mass is 460 g/mol. The number of nitrogens with zero attached hydrogens (tertiary/aromatic N) is 2. The molecule has 0 radical (unpaired) electrons. The number of hydrogen-bond acceptors (Lipinski definition) is 2. The molecule has 1 atom stereocenters. The third-order valence-electron chi connectivity index (χ3n) is 5.61. The topological polar surface area (TPSA) is 36.1 Å². The minimum absolute atomic E-state index is 0.528. The van der Waals surface area contributed by atoms with E-state index in [2.05, 4.69) is 58.0 Å². The highest BCUT2D eigenvalue weighted by Crippen LogP contribution is 2.27. The second-order valence-corrected chi connectivity index (χ2v) is 8.41. The molecule has 0 bridgehead atoms. The molecule has 0 amide bonds. The standard InChI is InChI=1S/C31H29N2P/c1-24-11-10-15-29(14-8-3-4-9-22-34)31(24)30(23-32)33-25(2)28-20-18-27(19-21-28)17-16-26-12-6-5-7-13-26/h4-7,9-13,15,18-22,30,34H,3,8,14H2,1-2H3/b9-4-,33-25+. The third kappa shape index (κ3) is 7.15. The second kappa shape index (κ2) is 13.1. The summed E-state index contributed by atoms with van der Waals surface area (Å²) in [6.07, 6.45) is 7.08. The summed E-state index contributed by atoms with van der Waals surface area (Å²) in [4.78, 5) is 4.83. The van der Waals surface area contributed by atoms with Crippen LogP contribution in [0.2, 0.25) is 0 Å². The number of nitriles is 1. The van der Waals surface area contributed by atoms with Crippen molar-refractivity contribution in [2.24, 2.45) is 4.99 Å². The summed E-state index contributed by atoms with van der Waals surface area (Å²) in [6, 6.07) is 26.2. The van der Waals surface area contributed by atoms with Gasteiger partial charge in [-0.25, -0.2) is 0 Å². The van der Waals surface area contributed by atoms with Gasteiger partial charge in [0.05, 0.1) is 6.07 Å². The van der Waals surface area contributed by atoms with Gasteiger partial charge in [0.15, 0.2) is 6.04 Å². The van der Waals surface area contributed by atoms with E-state index in [0.29, 0.717) is 0 Å². The predicted octanol–water partition coefficient (Wildman–Crippen LogP) is 7.29. The summed E-state index contributed by atoms with van der Waals surface area (Å²) in [5.41, 5.74) is 7.12. The number of allylic oxidation sites excluding steroid dienone is 2. The van der Waals surface area contributed by atoms with Gasteiger partial charge in [0.1, 0.15) is 0 Å². The maximum Gasteiger partial charge on any atom is 0.162 e. The lowest BCUT2D eigenvalue weighted by Gasteiger charge is -2.15. The lowest BCUT2D eigenvalue weighted by atomic mass is 9.93. The molecule has 3 aromatic carbocycles. The smallest absolute Gasteiger partial charge is 0.162 e. The van der Waals surface area contributed by atoms with Crippen LogP contribution in [0.5, 0.6) is 0 Å². The fraction of sp³-hybridized carbons (Fsp3) is 0.194. The van der Waals surface area contributed by atoms with Crippen LogP contribution in [-0.2, 0) is 6.42 Å². The molecule has 3 rings (SSSR count). The van der Waals surface area contributed by atoms with Gasteiger partial charge in [0, 0.05) is 16.8 Å². The largest absolute Gasteiger partial charge is 0.266 e. The van der Waals surface area contributed by atoms with Gasteiger partial charge in [-0.05, 0) is 85.4 Å². The van der Waals surface area contributed by atoms with Crippen LogP contribution in [0.15, 0.2) is 89.9 Å². The SMILES string of the molecule is C/C(=N\C(C#N)c1c(C)cccc1CCC/C=C\C=P)c1ccc(C#Cc2ccccc2)cc1. The van der Waals surface area contributed by atoms with Gasteiger partial charge in [-0.3, -0.25) is 4.99 Å². The Bertz CT molecular complexity index is 1270. The molecule has 3 aromatic rings. The molecule has 34 heavy (non-hydrogen) atoms. The third-order valence-corrected chi connectivity index (χ3v) is 5.80. The van der Waals surface area contributed by atoms with Crippen molar-refractivity contribution in [1.29, 1.82) is 5.26 Å². The van der Waals surface area contributed by atoms with Crippen molar-refractivity contribution < 1.29 is 0 Å². The van der Waals surface area contributed by atoms with Crippen LogP contribution in [0, 0.1) is 30.1 Å². The molecule has 2 nitrogen and oxygen atoms in total. The van der Waals surface area contributed by atoms with Gasteiger partial charge in [-0.2, -0.15) is 5.26 Å². The molecule has 0 N–H and O–H groups in total. The van der Waals surface area contributed by atoms with Crippen LogP contribution in [0.3, 0.4) is 0 Å². The number of benzene rings is 3. The van der Waals surface area contributed by atoms with Crippen molar-refractivity contribution in [2.75, 3.05) is 0 Å². The quantitative estimate of drug-likeness (QED) is 0.150. The summed E-state index contributed by atoms with van der Waals surface area (Å²) < 4.78 is 0. The van der Waals surface area contributed by atoms with Crippen LogP contribution < -0.4 is 0 Å². The first-order valence-electron chi connectivity index (χ1n) is 11.5. The zero-order valence-corrected chi connectivity index (χ0v) is 20.8. The van der Waals surface area contributed by atoms with Crippen molar-refractivity contribution in [3.8, 4) is 17.9 Å². The van der Waals surface area contributed by atoms with Crippen molar-refractivity contribution in [3.05, 3.63) is 118 Å². The van der Waals surface area contributed by atoms with E-state index in [4.69, 9.17) is 4.99 Å². The Morgan fingerprint density at radius 2 is 1.68 bits per heavy atom. The molecular formula is C31H29N2P. The van der Waals surface area contributed by atoms with Crippen LogP contribution in [0.4, 0.5) is 0 Å². The molecular weight excluding hydrogens is 431 g/mol. The van der Waals surface area contributed by atoms with E-state index in [0.717, 1.165) is 52.8 Å². The highest BCUT2D eigenvalue weighted by atomic mass is 31.0. The summed E-state index contributed by atoms with van der Waals surface area (Å²) in [6.45, 7) is 4.03. The van der Waals surface area contributed by atoms with Crippen LogP contribution >= 0.6 is 8.86 Å². The highest BCUT2D eigenvalue weighted by molar-refractivity contribution is 7.18. The van der Waals surface area contributed by atoms with Crippen LogP contribution in [0.25, 0.3) is 0 Å². The Balaban J connectivity index is 1.79. The van der Waals surface area contributed by atoms with E-state index < -0.39 is 6.04 Å². The highest BCUT2D eigenvalue weighted by Gasteiger charge is 2.17. The summed E-state index contributed by atoms with van der Waals surface area (Å²) in [7, 11) is 3.34. The van der Waals surface area contributed by atoms with E-state index in [9.17, 15) is 5.26 Å². The number of unbranched alkanes of at least 4 members (excludes halogenated alkanes) is 1. The van der Waals surface area contributed by atoms with Gasteiger partial charge in [-0.15, -0.1) is 8.86 Å². The average Bonchev–Trinajstić information content (AvgIpc) is 2.87. The van der Waals surface area contributed by atoms with Gasteiger partial charge in [0.2, 0.25) is 0 Å². The Morgan fingerprint density at radius 3 is 2.35 bits per heavy atom. The predicted molar refractivity (Wildman–Crippen MR) is 147 cm³/mol. The Kier molecular flexibility index (Phi) is 9.61. The zero-order chi connectivity index (χ0) is 24.2. The molecule has 3 heteroatoms. The molecule has 0 aliphatic rings. The van der Waals surface area contributed by atoms with Crippen molar-refractivity contribution in [1.82, 2.24) is 0 Å². The van der Waals surface area contributed by atoms with Gasteiger partial charge >= 0.3 is 0 Å². The van der Waals surface area contributed by atoms with Gasteiger partial charge in [0.25, 0.3) is 0 Å². The number of aliphatic imine (C=N–C) groups is 1. The molecule has 0 aromatic heterocycles. The molecule has 1 unspecified atom stereocenters. The first-order chi connectivity index (χ1) is 16.6. The Hall–Kier alpha value is -3.71. The Morgan fingerprint density at radius 1 is 0.971 bits per heavy atom. The first kappa shape index (κ1) is 24.9. The number of aryl methyl sites for hydroxylation is 2. The molecule has 168 valence electrons. The number of rotatable bonds is 8. The van der Waals surface area contributed by atoms with Gasteiger partial charge < -0.3 is 0 Å². The van der Waals surface area contributed by atoms with Gasteiger partial charge in [-0.1, -0.05) is 72.5 Å². The normalized spacial score (nSPS) is 12.0.